The van der Waals surface area contributed by atoms with E-state index in [9.17, 15) is 18.0 Å². The zero-order valence-corrected chi connectivity index (χ0v) is 23.4. The van der Waals surface area contributed by atoms with Crippen molar-refractivity contribution in [2.24, 2.45) is 5.92 Å². The van der Waals surface area contributed by atoms with E-state index in [1.807, 2.05) is 26.8 Å². The molecule has 0 aliphatic carbocycles. The topological polar surface area (TPSA) is 114 Å². The van der Waals surface area contributed by atoms with E-state index in [0.717, 1.165) is 16.1 Å². The molecular formula is C27H37N3O7S. The number of carbonyl (C=O) groups is 2. The largest absolute Gasteiger partial charge is 0.497 e. The van der Waals surface area contributed by atoms with Crippen LogP contribution in [0.3, 0.4) is 0 Å². The van der Waals surface area contributed by atoms with Gasteiger partial charge in [0.15, 0.2) is 11.5 Å². The van der Waals surface area contributed by atoms with Crippen molar-refractivity contribution in [3.05, 3.63) is 48.0 Å². The number of nitrogens with zero attached hydrogens (tertiary/aromatic N) is 2. The normalized spacial score (nSPS) is 13.5. The van der Waals surface area contributed by atoms with Gasteiger partial charge in [0.25, 0.3) is 0 Å². The van der Waals surface area contributed by atoms with Crippen molar-refractivity contribution in [2.45, 2.75) is 39.8 Å². The van der Waals surface area contributed by atoms with Crippen LogP contribution in [0.1, 0.15) is 32.8 Å². The van der Waals surface area contributed by atoms with Gasteiger partial charge in [-0.2, -0.15) is 0 Å². The molecule has 1 atom stereocenters. The fraction of sp³-hybridized carbons (Fsp3) is 0.481. The molecule has 0 radical (unpaired) electrons. The van der Waals surface area contributed by atoms with Gasteiger partial charge in [-0.25, -0.2) is 8.42 Å². The first kappa shape index (κ1) is 29.1. The second kappa shape index (κ2) is 12.9. The van der Waals surface area contributed by atoms with Crippen molar-refractivity contribution in [1.82, 2.24) is 10.2 Å². The fourth-order valence-corrected chi connectivity index (χ4v) is 4.95. The Bertz CT molecular complexity index is 1230. The van der Waals surface area contributed by atoms with Gasteiger partial charge in [-0.1, -0.05) is 32.9 Å². The summed E-state index contributed by atoms with van der Waals surface area (Å²) in [5, 5.41) is 2.91. The number of sulfonamides is 1. The maximum Gasteiger partial charge on any atom is 0.244 e. The van der Waals surface area contributed by atoms with Crippen LogP contribution in [-0.2, 0) is 26.2 Å². The predicted molar refractivity (Wildman–Crippen MR) is 145 cm³/mol. The van der Waals surface area contributed by atoms with Crippen molar-refractivity contribution in [1.29, 1.82) is 0 Å². The van der Waals surface area contributed by atoms with E-state index in [0.29, 0.717) is 43.4 Å². The number of amides is 2. The SMILES string of the molecule is CC[C@@H](C(=O)NCC(C)C)N(Cc1cccc(OC)c1)C(=O)CN(c1ccc2c(c1)OCCO2)S(C)(=O)=O. The number of ether oxygens (including phenoxy) is 3. The molecule has 38 heavy (non-hydrogen) atoms. The predicted octanol–water partition coefficient (Wildman–Crippen LogP) is 2.81. The molecule has 11 heteroatoms. The van der Waals surface area contributed by atoms with Gasteiger partial charge in [-0.3, -0.25) is 13.9 Å². The van der Waals surface area contributed by atoms with Gasteiger partial charge in [-0.05, 0) is 42.2 Å². The van der Waals surface area contributed by atoms with Gasteiger partial charge in [0, 0.05) is 19.2 Å². The minimum atomic E-state index is -3.86. The Kier molecular flexibility index (Phi) is 9.84. The third-order valence-corrected chi connectivity index (χ3v) is 7.19. The lowest BCUT2D eigenvalue weighted by molar-refractivity contribution is -0.140. The molecule has 3 rings (SSSR count). The number of rotatable bonds is 12. The Morgan fingerprint density at radius 1 is 1.08 bits per heavy atom. The Morgan fingerprint density at radius 3 is 2.42 bits per heavy atom. The molecule has 0 spiro atoms. The van der Waals surface area contributed by atoms with Crippen LogP contribution in [-0.4, -0.2) is 70.8 Å². The van der Waals surface area contributed by atoms with Crippen LogP contribution < -0.4 is 23.8 Å². The number of hydrogen-bond donors (Lipinski definition) is 1. The summed E-state index contributed by atoms with van der Waals surface area (Å²) in [6.45, 7) is 6.60. The van der Waals surface area contributed by atoms with Crippen molar-refractivity contribution in [2.75, 3.05) is 44.0 Å². The highest BCUT2D eigenvalue weighted by atomic mass is 32.2. The highest BCUT2D eigenvalue weighted by Gasteiger charge is 2.32. The second-order valence-electron chi connectivity index (χ2n) is 9.53. The highest BCUT2D eigenvalue weighted by Crippen LogP contribution is 2.34. The number of nitrogens with one attached hydrogen (secondary N) is 1. The number of fused-ring (bicyclic) bond motifs is 1. The number of methoxy groups -OCH3 is 1. The minimum Gasteiger partial charge on any atom is -0.497 e. The average molecular weight is 548 g/mol. The van der Waals surface area contributed by atoms with Crippen LogP contribution in [0.15, 0.2) is 42.5 Å². The van der Waals surface area contributed by atoms with Gasteiger partial charge in [0.05, 0.1) is 19.1 Å². The molecule has 0 saturated carbocycles. The van der Waals surface area contributed by atoms with E-state index in [-0.39, 0.29) is 24.1 Å². The number of hydrogen-bond acceptors (Lipinski definition) is 7. The molecule has 2 aromatic carbocycles. The summed E-state index contributed by atoms with van der Waals surface area (Å²) in [6.07, 6.45) is 1.39. The first-order chi connectivity index (χ1) is 18.0. The van der Waals surface area contributed by atoms with E-state index in [1.54, 1.807) is 43.5 Å². The zero-order valence-electron chi connectivity index (χ0n) is 22.6. The molecule has 1 aliphatic rings. The van der Waals surface area contributed by atoms with Crippen LogP contribution in [0.5, 0.6) is 17.2 Å². The molecule has 2 aromatic rings. The van der Waals surface area contributed by atoms with Crippen LogP contribution in [0, 0.1) is 5.92 Å². The van der Waals surface area contributed by atoms with E-state index < -0.39 is 28.5 Å². The van der Waals surface area contributed by atoms with Crippen molar-refractivity contribution in [3.63, 3.8) is 0 Å². The Labute approximate surface area is 224 Å². The standard InChI is InChI=1S/C27H37N3O7S/c1-6-23(27(32)28-16-19(2)3)29(17-20-8-7-9-22(14-20)35-4)26(31)18-30(38(5,33)34)21-10-11-24-25(15-21)37-13-12-36-24/h7-11,14-15,19,23H,6,12-13,16-18H2,1-5H3,(H,28,32)/t23-/m0/s1. The van der Waals surface area contributed by atoms with Crippen LogP contribution >= 0.6 is 0 Å². The quantitative estimate of drug-likeness (QED) is 0.435. The number of anilines is 1. The third-order valence-electron chi connectivity index (χ3n) is 6.05. The minimum absolute atomic E-state index is 0.0996. The number of benzene rings is 2. The Hall–Kier alpha value is -3.47. The molecule has 1 heterocycles. The smallest absolute Gasteiger partial charge is 0.244 e. The summed E-state index contributed by atoms with van der Waals surface area (Å²) in [5.74, 6) is 0.952. The summed E-state index contributed by atoms with van der Waals surface area (Å²) in [6, 6.07) is 11.1. The Morgan fingerprint density at radius 2 is 1.79 bits per heavy atom. The molecule has 2 amide bonds. The zero-order chi connectivity index (χ0) is 27.9. The molecule has 10 nitrogen and oxygen atoms in total. The van der Waals surface area contributed by atoms with Crippen molar-refractivity contribution < 1.29 is 32.2 Å². The van der Waals surface area contributed by atoms with Gasteiger partial charge in [0.1, 0.15) is 31.5 Å². The van der Waals surface area contributed by atoms with E-state index in [2.05, 4.69) is 5.32 Å². The molecule has 208 valence electrons. The molecular weight excluding hydrogens is 510 g/mol. The molecule has 0 unspecified atom stereocenters. The summed E-state index contributed by atoms with van der Waals surface area (Å²) in [7, 11) is -2.31. The highest BCUT2D eigenvalue weighted by molar-refractivity contribution is 7.92. The van der Waals surface area contributed by atoms with Crippen LogP contribution in [0.4, 0.5) is 5.69 Å². The fourth-order valence-electron chi connectivity index (χ4n) is 4.11. The monoisotopic (exact) mass is 547 g/mol. The molecule has 1 aliphatic heterocycles. The van der Waals surface area contributed by atoms with Gasteiger partial charge < -0.3 is 24.4 Å². The van der Waals surface area contributed by atoms with Crippen molar-refractivity contribution in [3.8, 4) is 17.2 Å². The Balaban J connectivity index is 1.95. The number of carbonyl (C=O) groups excluding carboxylic acids is 2. The van der Waals surface area contributed by atoms with E-state index in [1.165, 1.54) is 4.90 Å². The summed E-state index contributed by atoms with van der Waals surface area (Å²) in [4.78, 5) is 28.4. The summed E-state index contributed by atoms with van der Waals surface area (Å²) in [5.41, 5.74) is 1.02. The van der Waals surface area contributed by atoms with Gasteiger partial charge >= 0.3 is 0 Å². The van der Waals surface area contributed by atoms with Crippen LogP contribution in [0.2, 0.25) is 0 Å². The van der Waals surface area contributed by atoms with Crippen molar-refractivity contribution >= 4 is 27.5 Å². The lowest BCUT2D eigenvalue weighted by Crippen LogP contribution is -2.52. The molecule has 1 N–H and O–H groups in total. The third kappa shape index (κ3) is 7.53. The maximum absolute atomic E-state index is 13.8. The average Bonchev–Trinajstić information content (AvgIpc) is 2.89. The summed E-state index contributed by atoms with van der Waals surface area (Å²) < 4.78 is 43.2. The summed E-state index contributed by atoms with van der Waals surface area (Å²) >= 11 is 0. The van der Waals surface area contributed by atoms with Gasteiger partial charge in [-0.15, -0.1) is 0 Å². The van der Waals surface area contributed by atoms with E-state index in [4.69, 9.17) is 14.2 Å². The lowest BCUT2D eigenvalue weighted by Gasteiger charge is -2.33. The molecule has 0 fully saturated rings. The van der Waals surface area contributed by atoms with Crippen LogP contribution in [0.25, 0.3) is 0 Å². The molecule has 0 bridgehead atoms. The molecule has 0 aromatic heterocycles. The molecule has 0 saturated heterocycles. The first-order valence-electron chi connectivity index (χ1n) is 12.6. The van der Waals surface area contributed by atoms with E-state index >= 15 is 0 Å². The maximum atomic E-state index is 13.8. The lowest BCUT2D eigenvalue weighted by atomic mass is 10.1. The van der Waals surface area contributed by atoms with Gasteiger partial charge in [0.2, 0.25) is 21.8 Å². The first-order valence-corrected chi connectivity index (χ1v) is 14.5. The second-order valence-corrected chi connectivity index (χ2v) is 11.4.